The molecule has 0 aliphatic carbocycles. The fourth-order valence-electron chi connectivity index (χ4n) is 2.98. The molecule has 0 amide bonds. The Hall–Kier alpha value is -1.12. The zero-order valence-electron chi connectivity index (χ0n) is 10.0. The molecule has 18 heavy (non-hydrogen) atoms. The molecule has 1 aromatic heterocycles. The van der Waals surface area contributed by atoms with Crippen LogP contribution >= 0.6 is 11.8 Å². The number of thioether (sulfide) groups is 1. The molecule has 3 rings (SSSR count). The molecule has 2 fully saturated rings. The van der Waals surface area contributed by atoms with E-state index in [1.165, 1.54) is 19.3 Å². The summed E-state index contributed by atoms with van der Waals surface area (Å²) in [6.45, 7) is 0. The number of hydrogen-bond donors (Lipinski definition) is 1. The van der Waals surface area contributed by atoms with Gasteiger partial charge in [0.05, 0.1) is 5.60 Å². The highest BCUT2D eigenvalue weighted by atomic mass is 32.2. The van der Waals surface area contributed by atoms with Gasteiger partial charge in [-0.3, -0.25) is 0 Å². The van der Waals surface area contributed by atoms with Crippen molar-refractivity contribution in [2.75, 3.05) is 0 Å². The first-order chi connectivity index (χ1) is 8.69. The normalized spacial score (nSPS) is 34.9. The van der Waals surface area contributed by atoms with Crippen molar-refractivity contribution in [1.29, 1.82) is 5.26 Å². The summed E-state index contributed by atoms with van der Waals surface area (Å²) in [5.74, 6) is 0.160. The molecular formula is C13H15N3OS. The maximum absolute atomic E-state index is 10.8. The predicted octanol–water partition coefficient (Wildman–Crippen LogP) is 1.98. The van der Waals surface area contributed by atoms with Crippen LogP contribution in [-0.4, -0.2) is 25.6 Å². The molecule has 0 saturated carbocycles. The molecule has 0 spiro atoms. The molecule has 94 valence electrons. The Balaban J connectivity index is 1.87. The molecule has 3 heterocycles. The van der Waals surface area contributed by atoms with Gasteiger partial charge in [0.2, 0.25) is 5.82 Å². The minimum absolute atomic E-state index is 0.160. The van der Waals surface area contributed by atoms with Crippen molar-refractivity contribution >= 4 is 11.8 Å². The zero-order chi connectivity index (χ0) is 12.6. The Morgan fingerprint density at radius 2 is 1.89 bits per heavy atom. The van der Waals surface area contributed by atoms with Crippen molar-refractivity contribution in [1.82, 2.24) is 9.97 Å². The van der Waals surface area contributed by atoms with Gasteiger partial charge in [-0.05, 0) is 25.7 Å². The molecule has 1 N–H and O–H groups in total. The second-order valence-electron chi connectivity index (χ2n) is 5.16. The highest BCUT2D eigenvalue weighted by molar-refractivity contribution is 8.00. The summed E-state index contributed by atoms with van der Waals surface area (Å²) in [6, 6.07) is 1.90. The van der Waals surface area contributed by atoms with Gasteiger partial charge >= 0.3 is 0 Å². The molecule has 2 aliphatic heterocycles. The summed E-state index contributed by atoms with van der Waals surface area (Å²) in [5.41, 5.74) is -0.0340. The van der Waals surface area contributed by atoms with E-state index >= 15 is 0 Å². The number of fused-ring (bicyclic) bond motifs is 2. The standard InChI is InChI=1S/C13H15N3OS/c14-6-12-15-7-9(8-16-12)13(17)4-10-2-1-3-11(5-13)18-10/h7-8,10-11,17H,1-5H2. The van der Waals surface area contributed by atoms with Crippen LogP contribution in [0.3, 0.4) is 0 Å². The van der Waals surface area contributed by atoms with Crippen LogP contribution < -0.4 is 0 Å². The quantitative estimate of drug-likeness (QED) is 0.837. The lowest BCUT2D eigenvalue weighted by Gasteiger charge is -2.43. The van der Waals surface area contributed by atoms with E-state index in [4.69, 9.17) is 5.26 Å². The van der Waals surface area contributed by atoms with E-state index in [2.05, 4.69) is 9.97 Å². The smallest absolute Gasteiger partial charge is 0.232 e. The molecule has 0 aromatic carbocycles. The van der Waals surface area contributed by atoms with Gasteiger partial charge < -0.3 is 5.11 Å². The van der Waals surface area contributed by atoms with Gasteiger partial charge in [-0.25, -0.2) is 9.97 Å². The highest BCUT2D eigenvalue weighted by Gasteiger charge is 2.42. The van der Waals surface area contributed by atoms with E-state index in [0.29, 0.717) is 10.5 Å². The van der Waals surface area contributed by atoms with Gasteiger partial charge in [-0.15, -0.1) is 0 Å². The average Bonchev–Trinajstić information content (AvgIpc) is 2.38. The Morgan fingerprint density at radius 3 is 2.44 bits per heavy atom. The second kappa shape index (κ2) is 4.52. The third kappa shape index (κ3) is 2.11. The lowest BCUT2D eigenvalue weighted by Crippen LogP contribution is -2.40. The predicted molar refractivity (Wildman–Crippen MR) is 68.9 cm³/mol. The summed E-state index contributed by atoms with van der Waals surface area (Å²) in [4.78, 5) is 7.94. The van der Waals surface area contributed by atoms with Crippen LogP contribution in [0.15, 0.2) is 12.4 Å². The second-order valence-corrected chi connectivity index (χ2v) is 6.76. The van der Waals surface area contributed by atoms with Crippen molar-refractivity contribution < 1.29 is 5.11 Å². The van der Waals surface area contributed by atoms with Crippen molar-refractivity contribution in [2.45, 2.75) is 48.2 Å². The maximum Gasteiger partial charge on any atom is 0.232 e. The number of nitriles is 1. The third-order valence-corrected chi connectivity index (χ3v) is 5.43. The fraction of sp³-hybridized carbons (Fsp3) is 0.615. The fourth-order valence-corrected chi connectivity index (χ4v) is 4.87. The SMILES string of the molecule is N#Cc1ncc(C2(O)CC3CCCC(C2)S3)cn1. The van der Waals surface area contributed by atoms with Crippen LogP contribution in [0.4, 0.5) is 0 Å². The van der Waals surface area contributed by atoms with Crippen LogP contribution in [0.5, 0.6) is 0 Å². The summed E-state index contributed by atoms with van der Waals surface area (Å²) >= 11 is 2.02. The lowest BCUT2D eigenvalue weighted by molar-refractivity contribution is 0.00748. The highest BCUT2D eigenvalue weighted by Crippen LogP contribution is 2.49. The summed E-state index contributed by atoms with van der Waals surface area (Å²) in [5, 5.41) is 20.6. The van der Waals surface area contributed by atoms with Gasteiger partial charge in [0, 0.05) is 28.5 Å². The average molecular weight is 261 g/mol. The van der Waals surface area contributed by atoms with Gasteiger partial charge in [-0.2, -0.15) is 17.0 Å². The van der Waals surface area contributed by atoms with Crippen molar-refractivity contribution in [3.63, 3.8) is 0 Å². The minimum atomic E-state index is -0.797. The van der Waals surface area contributed by atoms with E-state index in [1.807, 2.05) is 17.8 Å². The van der Waals surface area contributed by atoms with E-state index in [-0.39, 0.29) is 5.82 Å². The largest absolute Gasteiger partial charge is 0.385 e. The Kier molecular flexibility index (Phi) is 3.00. The van der Waals surface area contributed by atoms with Gasteiger partial charge in [0.25, 0.3) is 0 Å². The number of rotatable bonds is 1. The van der Waals surface area contributed by atoms with Crippen molar-refractivity contribution in [2.24, 2.45) is 0 Å². The van der Waals surface area contributed by atoms with Crippen LogP contribution in [0.2, 0.25) is 0 Å². The van der Waals surface area contributed by atoms with E-state index in [1.54, 1.807) is 12.4 Å². The van der Waals surface area contributed by atoms with Gasteiger partial charge in [0.1, 0.15) is 6.07 Å². The number of hydrogen-bond acceptors (Lipinski definition) is 5. The van der Waals surface area contributed by atoms with Crippen LogP contribution in [0, 0.1) is 11.3 Å². The topological polar surface area (TPSA) is 69.8 Å². The Morgan fingerprint density at radius 1 is 1.28 bits per heavy atom. The van der Waals surface area contributed by atoms with Crippen molar-refractivity contribution in [3.05, 3.63) is 23.8 Å². The van der Waals surface area contributed by atoms with Crippen LogP contribution in [0.25, 0.3) is 0 Å². The lowest BCUT2D eigenvalue weighted by atomic mass is 9.81. The number of aromatic nitrogens is 2. The van der Waals surface area contributed by atoms with Crippen molar-refractivity contribution in [3.8, 4) is 6.07 Å². The van der Waals surface area contributed by atoms with Crippen LogP contribution in [0.1, 0.15) is 43.5 Å². The van der Waals surface area contributed by atoms with Crippen LogP contribution in [-0.2, 0) is 5.60 Å². The molecular weight excluding hydrogens is 246 g/mol. The molecule has 2 unspecified atom stereocenters. The van der Waals surface area contributed by atoms with E-state index in [9.17, 15) is 5.11 Å². The molecule has 2 bridgehead atoms. The first-order valence-corrected chi connectivity index (χ1v) is 7.24. The number of nitrogens with zero attached hydrogens (tertiary/aromatic N) is 3. The maximum atomic E-state index is 10.8. The molecule has 5 heteroatoms. The first-order valence-electron chi connectivity index (χ1n) is 6.30. The summed E-state index contributed by atoms with van der Waals surface area (Å²) in [7, 11) is 0. The van der Waals surface area contributed by atoms with Gasteiger partial charge in [0.15, 0.2) is 0 Å². The summed E-state index contributed by atoms with van der Waals surface area (Å²) < 4.78 is 0. The van der Waals surface area contributed by atoms with E-state index < -0.39 is 5.60 Å². The molecule has 2 aliphatic rings. The zero-order valence-corrected chi connectivity index (χ0v) is 10.9. The number of aliphatic hydroxyl groups is 1. The monoisotopic (exact) mass is 261 g/mol. The third-order valence-electron chi connectivity index (χ3n) is 3.86. The molecule has 1 aromatic rings. The first kappa shape index (κ1) is 11.9. The molecule has 2 atom stereocenters. The molecule has 0 radical (unpaired) electrons. The Labute approximate surface area is 110 Å². The van der Waals surface area contributed by atoms with E-state index in [0.717, 1.165) is 18.4 Å². The van der Waals surface area contributed by atoms with Gasteiger partial charge in [-0.1, -0.05) is 6.42 Å². The Bertz CT molecular complexity index is 470. The summed E-state index contributed by atoms with van der Waals surface area (Å²) in [6.07, 6.45) is 8.45. The molecule has 2 saturated heterocycles. The minimum Gasteiger partial charge on any atom is -0.385 e. The molecule has 4 nitrogen and oxygen atoms in total.